The van der Waals surface area contributed by atoms with E-state index in [2.05, 4.69) is 14.7 Å². The van der Waals surface area contributed by atoms with Crippen molar-refractivity contribution in [3.05, 3.63) is 53.6 Å². The molecule has 2 N–H and O–H groups in total. The summed E-state index contributed by atoms with van der Waals surface area (Å²) >= 11 is 0. The molecule has 3 aromatic rings. The Kier molecular flexibility index (Phi) is 3.34. The van der Waals surface area contributed by atoms with Crippen LogP contribution in [0.2, 0.25) is 0 Å². The molecule has 0 aliphatic rings. The van der Waals surface area contributed by atoms with Crippen LogP contribution >= 0.6 is 0 Å². The van der Waals surface area contributed by atoms with Gasteiger partial charge in [-0.2, -0.15) is 0 Å². The van der Waals surface area contributed by atoms with Crippen molar-refractivity contribution in [1.29, 1.82) is 0 Å². The fraction of sp³-hybridized carbons (Fsp3) is 0.0625. The molecular formula is C16H12N2O4. The summed E-state index contributed by atoms with van der Waals surface area (Å²) in [6, 6.07) is 11.5. The van der Waals surface area contributed by atoms with Crippen molar-refractivity contribution in [3.63, 3.8) is 0 Å². The minimum absolute atomic E-state index is 0.198. The first kappa shape index (κ1) is 13.8. The zero-order chi connectivity index (χ0) is 15.7. The maximum absolute atomic E-state index is 11.4. The van der Waals surface area contributed by atoms with Crippen LogP contribution in [0.3, 0.4) is 0 Å². The Balaban J connectivity index is 1.99. The van der Waals surface area contributed by atoms with E-state index in [1.165, 1.54) is 19.2 Å². The van der Waals surface area contributed by atoms with Gasteiger partial charge in [-0.3, -0.25) is 0 Å². The van der Waals surface area contributed by atoms with Crippen molar-refractivity contribution < 1.29 is 19.4 Å². The third-order valence-corrected chi connectivity index (χ3v) is 3.31. The summed E-state index contributed by atoms with van der Waals surface area (Å²) in [4.78, 5) is 29.9. The van der Waals surface area contributed by atoms with E-state index in [1.54, 1.807) is 30.3 Å². The lowest BCUT2D eigenvalue weighted by atomic mass is 10.1. The lowest BCUT2D eigenvalue weighted by molar-refractivity contribution is 0.0600. The average Bonchev–Trinajstić information content (AvgIpc) is 2.97. The van der Waals surface area contributed by atoms with Gasteiger partial charge in [-0.25, -0.2) is 14.6 Å². The smallest absolute Gasteiger partial charge is 0.337 e. The Morgan fingerprint density at radius 2 is 1.77 bits per heavy atom. The Bertz CT molecular complexity index is 865. The molecule has 0 fully saturated rings. The monoisotopic (exact) mass is 296 g/mol. The molecule has 110 valence electrons. The first-order valence-electron chi connectivity index (χ1n) is 6.50. The average molecular weight is 296 g/mol. The molecule has 0 bridgehead atoms. The van der Waals surface area contributed by atoms with Crippen LogP contribution in [0.4, 0.5) is 0 Å². The van der Waals surface area contributed by atoms with Crippen molar-refractivity contribution in [1.82, 2.24) is 9.97 Å². The molecular weight excluding hydrogens is 284 g/mol. The number of imidazole rings is 1. The largest absolute Gasteiger partial charge is 0.478 e. The van der Waals surface area contributed by atoms with E-state index in [9.17, 15) is 9.59 Å². The number of H-pyrrole nitrogens is 1. The van der Waals surface area contributed by atoms with Crippen LogP contribution in [0.1, 0.15) is 20.7 Å². The molecule has 0 spiro atoms. The number of aromatic nitrogens is 2. The van der Waals surface area contributed by atoms with Crippen molar-refractivity contribution in [2.75, 3.05) is 7.11 Å². The number of rotatable bonds is 3. The van der Waals surface area contributed by atoms with Gasteiger partial charge in [0.2, 0.25) is 0 Å². The van der Waals surface area contributed by atoms with Crippen molar-refractivity contribution >= 4 is 23.0 Å². The third kappa shape index (κ3) is 2.42. The Labute approximate surface area is 125 Å². The molecule has 1 aromatic heterocycles. The van der Waals surface area contributed by atoms with Crippen LogP contribution in [-0.4, -0.2) is 34.1 Å². The maximum atomic E-state index is 11.4. The SMILES string of the molecule is COC(=O)c1ccc(-c2nc3ccc(C(=O)O)cc3[nH]2)cc1. The molecule has 3 rings (SSSR count). The topological polar surface area (TPSA) is 92.3 Å². The van der Waals surface area contributed by atoms with Gasteiger partial charge in [0.1, 0.15) is 5.82 Å². The molecule has 0 unspecified atom stereocenters. The first-order valence-corrected chi connectivity index (χ1v) is 6.50. The van der Waals surface area contributed by atoms with Crippen LogP contribution in [-0.2, 0) is 4.74 Å². The van der Waals surface area contributed by atoms with Crippen molar-refractivity contribution in [2.45, 2.75) is 0 Å². The van der Waals surface area contributed by atoms with Crippen LogP contribution in [0.5, 0.6) is 0 Å². The van der Waals surface area contributed by atoms with Gasteiger partial charge < -0.3 is 14.8 Å². The Morgan fingerprint density at radius 3 is 2.41 bits per heavy atom. The zero-order valence-corrected chi connectivity index (χ0v) is 11.7. The molecule has 0 saturated carbocycles. The van der Waals surface area contributed by atoms with Crippen molar-refractivity contribution in [2.24, 2.45) is 0 Å². The molecule has 0 saturated heterocycles. The summed E-state index contributed by atoms with van der Waals surface area (Å²) in [6.45, 7) is 0. The maximum Gasteiger partial charge on any atom is 0.337 e. The number of carboxylic acid groups (broad SMARTS) is 1. The third-order valence-electron chi connectivity index (χ3n) is 3.31. The van der Waals surface area contributed by atoms with Gasteiger partial charge in [-0.05, 0) is 30.3 Å². The van der Waals surface area contributed by atoms with E-state index >= 15 is 0 Å². The molecule has 0 amide bonds. The number of ether oxygens (including phenoxy) is 1. The van der Waals surface area contributed by atoms with Gasteiger partial charge in [-0.1, -0.05) is 12.1 Å². The molecule has 0 atom stereocenters. The molecule has 6 heteroatoms. The molecule has 22 heavy (non-hydrogen) atoms. The lowest BCUT2D eigenvalue weighted by Crippen LogP contribution is -2.00. The number of benzene rings is 2. The fourth-order valence-electron chi connectivity index (χ4n) is 2.16. The second-order valence-electron chi connectivity index (χ2n) is 4.69. The van der Waals surface area contributed by atoms with E-state index < -0.39 is 11.9 Å². The van der Waals surface area contributed by atoms with Gasteiger partial charge in [-0.15, -0.1) is 0 Å². The number of hydrogen-bond donors (Lipinski definition) is 2. The fourth-order valence-corrected chi connectivity index (χ4v) is 2.16. The summed E-state index contributed by atoms with van der Waals surface area (Å²) in [5.74, 6) is -0.781. The quantitative estimate of drug-likeness (QED) is 0.725. The molecule has 0 aliphatic heterocycles. The predicted molar refractivity (Wildman–Crippen MR) is 79.8 cm³/mol. The number of aromatic amines is 1. The summed E-state index contributed by atoms with van der Waals surface area (Å²) in [6.07, 6.45) is 0. The Morgan fingerprint density at radius 1 is 1.09 bits per heavy atom. The normalized spacial score (nSPS) is 10.6. The number of aromatic carboxylic acids is 1. The highest BCUT2D eigenvalue weighted by Crippen LogP contribution is 2.22. The van der Waals surface area contributed by atoms with Crippen LogP contribution in [0, 0.1) is 0 Å². The number of carbonyl (C=O) groups is 2. The molecule has 0 aliphatic carbocycles. The summed E-state index contributed by atoms with van der Waals surface area (Å²) in [7, 11) is 1.33. The van der Waals surface area contributed by atoms with Gasteiger partial charge in [0.25, 0.3) is 0 Å². The summed E-state index contributed by atoms with van der Waals surface area (Å²) in [5.41, 5.74) is 2.77. The highest BCUT2D eigenvalue weighted by atomic mass is 16.5. The molecule has 1 heterocycles. The van der Waals surface area contributed by atoms with Gasteiger partial charge in [0.15, 0.2) is 0 Å². The van der Waals surface area contributed by atoms with Gasteiger partial charge in [0, 0.05) is 5.56 Å². The molecule has 2 aromatic carbocycles. The first-order chi connectivity index (χ1) is 10.6. The number of methoxy groups -OCH3 is 1. The number of fused-ring (bicyclic) bond motifs is 1. The standard InChI is InChI=1S/C16H12N2O4/c1-22-16(21)10-4-2-9(3-5-10)14-17-12-7-6-11(15(19)20)8-13(12)18-14/h2-8H,1H3,(H,17,18)(H,19,20). The summed E-state index contributed by atoms with van der Waals surface area (Å²) < 4.78 is 4.65. The van der Waals surface area contributed by atoms with E-state index in [-0.39, 0.29) is 5.56 Å². The number of carbonyl (C=O) groups excluding carboxylic acids is 1. The lowest BCUT2D eigenvalue weighted by Gasteiger charge is -2.00. The van der Waals surface area contributed by atoms with E-state index in [0.29, 0.717) is 22.4 Å². The highest BCUT2D eigenvalue weighted by Gasteiger charge is 2.10. The number of nitrogens with one attached hydrogen (secondary N) is 1. The van der Waals surface area contributed by atoms with Gasteiger partial charge >= 0.3 is 11.9 Å². The zero-order valence-electron chi connectivity index (χ0n) is 11.7. The molecule has 6 nitrogen and oxygen atoms in total. The van der Waals surface area contributed by atoms with Gasteiger partial charge in [0.05, 0.1) is 29.3 Å². The van der Waals surface area contributed by atoms with Crippen LogP contribution in [0.15, 0.2) is 42.5 Å². The number of carboxylic acids is 1. The Hall–Kier alpha value is -3.15. The summed E-state index contributed by atoms with van der Waals surface area (Å²) in [5, 5.41) is 9.00. The minimum atomic E-state index is -0.986. The number of esters is 1. The van der Waals surface area contributed by atoms with E-state index in [0.717, 1.165) is 5.56 Å². The second kappa shape index (κ2) is 5.33. The predicted octanol–water partition coefficient (Wildman–Crippen LogP) is 2.71. The van der Waals surface area contributed by atoms with Crippen LogP contribution < -0.4 is 0 Å². The van der Waals surface area contributed by atoms with E-state index in [4.69, 9.17) is 5.11 Å². The number of nitrogens with zero attached hydrogens (tertiary/aromatic N) is 1. The molecule has 0 radical (unpaired) electrons. The highest BCUT2D eigenvalue weighted by molar-refractivity contribution is 5.93. The minimum Gasteiger partial charge on any atom is -0.478 e. The number of hydrogen-bond acceptors (Lipinski definition) is 4. The van der Waals surface area contributed by atoms with E-state index in [1.807, 2.05) is 0 Å². The van der Waals surface area contributed by atoms with Crippen LogP contribution in [0.25, 0.3) is 22.4 Å². The second-order valence-corrected chi connectivity index (χ2v) is 4.69. The van der Waals surface area contributed by atoms with Crippen molar-refractivity contribution in [3.8, 4) is 11.4 Å².